The maximum absolute atomic E-state index is 12.4. The van der Waals surface area contributed by atoms with Crippen molar-refractivity contribution in [2.45, 2.75) is 50.7 Å². The Hall–Kier alpha value is -2.09. The van der Waals surface area contributed by atoms with Crippen LogP contribution in [0.3, 0.4) is 0 Å². The summed E-state index contributed by atoms with van der Waals surface area (Å²) < 4.78 is 6.11. The molecule has 2 aliphatic rings. The molecule has 1 unspecified atom stereocenters. The van der Waals surface area contributed by atoms with E-state index in [9.17, 15) is 4.79 Å². The lowest BCUT2D eigenvalue weighted by atomic mass is 9.90. The number of hydrogen-bond donors (Lipinski definition) is 3. The van der Waals surface area contributed by atoms with Crippen molar-refractivity contribution >= 4 is 17.7 Å². The first-order valence-corrected chi connectivity index (χ1v) is 7.89. The molecule has 1 amide bonds. The highest BCUT2D eigenvalue weighted by atomic mass is 16.5. The largest absolute Gasteiger partial charge is 0.470 e. The lowest BCUT2D eigenvalue weighted by Crippen LogP contribution is -2.51. The Morgan fingerprint density at radius 1 is 1.26 bits per heavy atom. The number of hydrogen-bond acceptors (Lipinski definition) is 7. The van der Waals surface area contributed by atoms with E-state index in [4.69, 9.17) is 21.9 Å². The molecule has 1 aromatic heterocycles. The summed E-state index contributed by atoms with van der Waals surface area (Å²) in [5, 5.41) is 0. The van der Waals surface area contributed by atoms with Gasteiger partial charge in [-0.15, -0.1) is 0 Å². The maximum Gasteiger partial charge on any atom is 0.242 e. The van der Waals surface area contributed by atoms with Crippen LogP contribution in [0, 0.1) is 0 Å². The van der Waals surface area contributed by atoms with Crippen molar-refractivity contribution in [3.63, 3.8) is 0 Å². The van der Waals surface area contributed by atoms with Crippen molar-refractivity contribution in [3.05, 3.63) is 5.56 Å². The standard InChI is InChI=1S/C15H24N6O2/c1-14(2,18)12(22)21-6-3-4-15(5-7-21)8-9-10(16)19-13(17)20-11(9)23-15/h3-8,18H2,1-2H3,(H4,16,17,19,20). The minimum atomic E-state index is -0.860. The minimum absolute atomic E-state index is 0.0337. The number of aromatic nitrogens is 2. The summed E-state index contributed by atoms with van der Waals surface area (Å²) in [6.45, 7) is 4.76. The van der Waals surface area contributed by atoms with Crippen LogP contribution in [-0.2, 0) is 11.2 Å². The first kappa shape index (κ1) is 15.8. The number of carbonyl (C=O) groups is 1. The third-order valence-electron chi connectivity index (χ3n) is 4.57. The first-order chi connectivity index (χ1) is 10.7. The summed E-state index contributed by atoms with van der Waals surface area (Å²) in [4.78, 5) is 22.4. The molecule has 6 N–H and O–H groups in total. The zero-order valence-corrected chi connectivity index (χ0v) is 13.6. The fourth-order valence-electron chi connectivity index (χ4n) is 3.37. The second-order valence-electron chi connectivity index (χ2n) is 7.08. The Kier molecular flexibility index (Phi) is 3.59. The monoisotopic (exact) mass is 320 g/mol. The van der Waals surface area contributed by atoms with Crippen molar-refractivity contribution in [3.8, 4) is 5.88 Å². The summed E-state index contributed by atoms with van der Waals surface area (Å²) in [5.74, 6) is 0.945. The van der Waals surface area contributed by atoms with Crippen LogP contribution in [-0.4, -0.2) is 45.0 Å². The van der Waals surface area contributed by atoms with Crippen LogP contribution >= 0.6 is 0 Å². The van der Waals surface area contributed by atoms with Crippen LogP contribution in [0.15, 0.2) is 0 Å². The molecule has 23 heavy (non-hydrogen) atoms. The summed E-state index contributed by atoms with van der Waals surface area (Å²) in [6, 6.07) is 0. The molecule has 0 aliphatic carbocycles. The molecule has 2 aliphatic heterocycles. The molecule has 3 rings (SSSR count). The van der Waals surface area contributed by atoms with E-state index in [1.807, 2.05) is 4.90 Å². The summed E-state index contributed by atoms with van der Waals surface area (Å²) >= 11 is 0. The van der Waals surface area contributed by atoms with Crippen molar-refractivity contribution in [2.24, 2.45) is 5.73 Å². The van der Waals surface area contributed by atoms with Gasteiger partial charge in [-0.25, -0.2) is 0 Å². The van der Waals surface area contributed by atoms with E-state index in [1.165, 1.54) is 0 Å². The van der Waals surface area contributed by atoms with Gasteiger partial charge in [0.2, 0.25) is 17.7 Å². The Morgan fingerprint density at radius 3 is 2.70 bits per heavy atom. The topological polar surface area (TPSA) is 133 Å². The van der Waals surface area contributed by atoms with Gasteiger partial charge in [0.25, 0.3) is 0 Å². The van der Waals surface area contributed by atoms with Gasteiger partial charge in [0, 0.05) is 25.9 Å². The van der Waals surface area contributed by atoms with E-state index in [1.54, 1.807) is 13.8 Å². The van der Waals surface area contributed by atoms with Gasteiger partial charge >= 0.3 is 0 Å². The molecule has 8 heteroatoms. The number of likely N-dealkylation sites (tertiary alicyclic amines) is 1. The molecule has 8 nitrogen and oxygen atoms in total. The predicted molar refractivity (Wildman–Crippen MR) is 86.6 cm³/mol. The van der Waals surface area contributed by atoms with Gasteiger partial charge in [-0.05, 0) is 26.7 Å². The zero-order valence-electron chi connectivity index (χ0n) is 13.6. The van der Waals surface area contributed by atoms with Gasteiger partial charge in [-0.1, -0.05) is 0 Å². The third-order valence-corrected chi connectivity index (χ3v) is 4.57. The second-order valence-corrected chi connectivity index (χ2v) is 7.08. The first-order valence-electron chi connectivity index (χ1n) is 7.89. The molecule has 1 fully saturated rings. The lowest BCUT2D eigenvalue weighted by Gasteiger charge is -2.29. The number of rotatable bonds is 1. The van der Waals surface area contributed by atoms with E-state index < -0.39 is 5.54 Å². The molecule has 0 bridgehead atoms. The van der Waals surface area contributed by atoms with Crippen LogP contribution < -0.4 is 21.9 Å². The molecule has 126 valence electrons. The normalized spacial score (nSPS) is 24.2. The Morgan fingerprint density at radius 2 is 2.00 bits per heavy atom. The third kappa shape index (κ3) is 2.90. The van der Waals surface area contributed by atoms with Crippen molar-refractivity contribution in [1.82, 2.24) is 14.9 Å². The fraction of sp³-hybridized carbons (Fsp3) is 0.667. The van der Waals surface area contributed by atoms with Gasteiger partial charge in [0.1, 0.15) is 11.4 Å². The quantitative estimate of drug-likeness (QED) is 0.666. The number of nitrogens with two attached hydrogens (primary N) is 3. The van der Waals surface area contributed by atoms with E-state index >= 15 is 0 Å². The fourth-order valence-corrected chi connectivity index (χ4v) is 3.37. The van der Waals surface area contributed by atoms with E-state index in [2.05, 4.69) is 9.97 Å². The summed E-state index contributed by atoms with van der Waals surface area (Å²) in [5.41, 5.74) is 17.1. The molecular weight excluding hydrogens is 296 g/mol. The molecule has 1 saturated heterocycles. The molecule has 0 aromatic carbocycles. The van der Waals surface area contributed by atoms with E-state index in [-0.39, 0.29) is 17.5 Å². The number of fused-ring (bicyclic) bond motifs is 1. The number of ether oxygens (including phenoxy) is 1. The van der Waals surface area contributed by atoms with Gasteiger partial charge < -0.3 is 26.8 Å². The number of nitrogen functional groups attached to an aromatic ring is 2. The van der Waals surface area contributed by atoms with Crippen LogP contribution in [0.25, 0.3) is 0 Å². The van der Waals surface area contributed by atoms with Gasteiger partial charge in [0.15, 0.2) is 0 Å². The van der Waals surface area contributed by atoms with E-state index in [0.717, 1.165) is 18.4 Å². The van der Waals surface area contributed by atoms with Gasteiger partial charge in [0.05, 0.1) is 11.1 Å². The number of nitrogens with zero attached hydrogens (tertiary/aromatic N) is 3. The molecule has 0 saturated carbocycles. The molecule has 0 radical (unpaired) electrons. The van der Waals surface area contributed by atoms with Crippen molar-refractivity contribution in [2.75, 3.05) is 24.6 Å². The van der Waals surface area contributed by atoms with Crippen molar-refractivity contribution < 1.29 is 9.53 Å². The number of carbonyl (C=O) groups excluding carboxylic acids is 1. The highest BCUT2D eigenvalue weighted by Crippen LogP contribution is 2.42. The number of anilines is 2. The molecule has 1 atom stereocenters. The highest BCUT2D eigenvalue weighted by molar-refractivity contribution is 5.85. The summed E-state index contributed by atoms with van der Waals surface area (Å²) in [7, 11) is 0. The number of amides is 1. The average molecular weight is 320 g/mol. The average Bonchev–Trinajstić information content (AvgIpc) is 2.67. The van der Waals surface area contributed by atoms with Gasteiger partial charge in [-0.2, -0.15) is 9.97 Å². The zero-order chi connectivity index (χ0) is 16.8. The minimum Gasteiger partial charge on any atom is -0.470 e. The van der Waals surface area contributed by atoms with Gasteiger partial charge in [-0.3, -0.25) is 4.79 Å². The van der Waals surface area contributed by atoms with Crippen molar-refractivity contribution in [1.29, 1.82) is 0 Å². The van der Waals surface area contributed by atoms with Crippen LogP contribution in [0.4, 0.5) is 11.8 Å². The second kappa shape index (κ2) is 5.23. The molecule has 1 spiro atoms. The lowest BCUT2D eigenvalue weighted by molar-refractivity contribution is -0.135. The maximum atomic E-state index is 12.4. The van der Waals surface area contributed by atoms with E-state index in [0.29, 0.717) is 37.6 Å². The molecule has 3 heterocycles. The SMILES string of the molecule is CC(C)(N)C(=O)N1CCCC2(CC1)Cc1c(N)nc(N)nc1O2. The highest BCUT2D eigenvalue weighted by Gasteiger charge is 2.44. The smallest absolute Gasteiger partial charge is 0.242 e. The Bertz CT molecular complexity index is 642. The van der Waals surface area contributed by atoms with Crippen LogP contribution in [0.2, 0.25) is 0 Å². The molecule has 1 aromatic rings. The summed E-state index contributed by atoms with van der Waals surface area (Å²) in [6.07, 6.45) is 3.04. The van der Waals surface area contributed by atoms with Crippen LogP contribution in [0.1, 0.15) is 38.7 Å². The molecular formula is C15H24N6O2. The van der Waals surface area contributed by atoms with Crippen LogP contribution in [0.5, 0.6) is 5.88 Å². The Balaban J connectivity index is 1.77. The predicted octanol–water partition coefficient (Wildman–Crippen LogP) is 0.0645. The Labute approximate surface area is 135 Å².